The molecule has 0 fully saturated rings. The molecular formula is C17H25NO3. The van der Waals surface area contributed by atoms with Crippen LogP contribution in [0, 0.1) is 11.8 Å². The molecule has 4 nitrogen and oxygen atoms in total. The van der Waals surface area contributed by atoms with Crippen LogP contribution >= 0.6 is 0 Å². The van der Waals surface area contributed by atoms with Crippen molar-refractivity contribution in [2.24, 2.45) is 11.8 Å². The minimum absolute atomic E-state index is 0.300. The van der Waals surface area contributed by atoms with E-state index in [9.17, 15) is 14.7 Å². The number of hydrogen-bond acceptors (Lipinski definition) is 3. The fraction of sp³-hybridized carbons (Fsp3) is 0.529. The summed E-state index contributed by atoms with van der Waals surface area (Å²) in [4.78, 5) is 26.0. The van der Waals surface area contributed by atoms with E-state index < -0.39 is 12.0 Å². The molecule has 0 bridgehead atoms. The molecule has 4 heteroatoms. The molecule has 1 unspecified atom stereocenters. The van der Waals surface area contributed by atoms with Crippen LogP contribution in [0.2, 0.25) is 0 Å². The Labute approximate surface area is 126 Å². The quantitative estimate of drug-likeness (QED) is 0.591. The molecule has 1 aromatic carbocycles. The smallest absolute Gasteiger partial charge is 0.329 e. The Balaban J connectivity index is 3.06. The number of aliphatic carboxylic acids is 1. The number of rotatable bonds is 8. The summed E-state index contributed by atoms with van der Waals surface area (Å²) < 4.78 is 0. The molecule has 0 aliphatic carbocycles. The Bertz CT molecular complexity index is 458. The van der Waals surface area contributed by atoms with E-state index in [0.717, 1.165) is 0 Å². The number of benzene rings is 1. The van der Waals surface area contributed by atoms with Crippen molar-refractivity contribution in [3.05, 3.63) is 35.9 Å². The van der Waals surface area contributed by atoms with E-state index in [0.29, 0.717) is 30.5 Å². The van der Waals surface area contributed by atoms with E-state index in [1.54, 1.807) is 29.2 Å². The fourth-order valence-corrected chi connectivity index (χ4v) is 2.42. The van der Waals surface area contributed by atoms with Gasteiger partial charge in [0.2, 0.25) is 0 Å². The first-order valence-electron chi connectivity index (χ1n) is 7.39. The Kier molecular flexibility index (Phi) is 6.56. The zero-order chi connectivity index (χ0) is 16.0. The van der Waals surface area contributed by atoms with Gasteiger partial charge >= 0.3 is 5.97 Å². The van der Waals surface area contributed by atoms with Crippen molar-refractivity contribution in [2.45, 2.75) is 33.7 Å². The van der Waals surface area contributed by atoms with Gasteiger partial charge in [-0.15, -0.1) is 0 Å². The average molecular weight is 291 g/mol. The first kappa shape index (κ1) is 17.4. The number of Topliss-reactive ketones (excluding diaryl/α,β-unsaturated/α-hetero) is 1. The molecule has 0 amide bonds. The molecule has 21 heavy (non-hydrogen) atoms. The lowest BCUT2D eigenvalue weighted by Gasteiger charge is -2.30. The minimum Gasteiger partial charge on any atom is -0.480 e. The van der Waals surface area contributed by atoms with Gasteiger partial charge in [0.05, 0.1) is 0 Å². The number of carbonyl (C=O) groups excluding carboxylic acids is 1. The highest BCUT2D eigenvalue weighted by Crippen LogP contribution is 2.14. The molecule has 0 aliphatic heterocycles. The third-order valence-corrected chi connectivity index (χ3v) is 3.11. The van der Waals surface area contributed by atoms with Crippen LogP contribution in [0.15, 0.2) is 30.3 Å². The van der Waals surface area contributed by atoms with Gasteiger partial charge in [0.25, 0.3) is 0 Å². The second-order valence-electron chi connectivity index (χ2n) is 6.21. The van der Waals surface area contributed by atoms with Gasteiger partial charge in [-0.25, -0.2) is 0 Å². The molecule has 0 aliphatic rings. The van der Waals surface area contributed by atoms with Crippen LogP contribution in [-0.4, -0.2) is 40.9 Å². The van der Waals surface area contributed by atoms with Crippen molar-refractivity contribution in [1.29, 1.82) is 0 Å². The molecule has 0 spiro atoms. The molecule has 0 aromatic heterocycles. The Morgan fingerprint density at radius 3 is 1.86 bits per heavy atom. The second kappa shape index (κ2) is 7.93. The van der Waals surface area contributed by atoms with Crippen molar-refractivity contribution in [1.82, 2.24) is 4.90 Å². The van der Waals surface area contributed by atoms with Gasteiger partial charge in [-0.1, -0.05) is 58.0 Å². The van der Waals surface area contributed by atoms with Crippen molar-refractivity contribution >= 4 is 11.8 Å². The van der Waals surface area contributed by atoms with Crippen molar-refractivity contribution in [3.8, 4) is 0 Å². The van der Waals surface area contributed by atoms with E-state index in [1.807, 2.05) is 33.8 Å². The van der Waals surface area contributed by atoms with E-state index >= 15 is 0 Å². The molecular weight excluding hydrogens is 266 g/mol. The average Bonchev–Trinajstić information content (AvgIpc) is 2.37. The summed E-state index contributed by atoms with van der Waals surface area (Å²) in [7, 11) is 0. The van der Waals surface area contributed by atoms with Crippen molar-refractivity contribution in [3.63, 3.8) is 0 Å². The van der Waals surface area contributed by atoms with Crippen LogP contribution in [0.25, 0.3) is 0 Å². The molecule has 1 atom stereocenters. The summed E-state index contributed by atoms with van der Waals surface area (Å²) in [5.74, 6) is -0.821. The first-order chi connectivity index (χ1) is 9.82. The number of carbonyl (C=O) groups is 2. The van der Waals surface area contributed by atoms with Gasteiger partial charge in [0.1, 0.15) is 0 Å². The van der Waals surface area contributed by atoms with Gasteiger partial charge < -0.3 is 5.11 Å². The molecule has 0 heterocycles. The largest absolute Gasteiger partial charge is 0.480 e. The summed E-state index contributed by atoms with van der Waals surface area (Å²) >= 11 is 0. The van der Waals surface area contributed by atoms with E-state index in [1.165, 1.54) is 0 Å². The minimum atomic E-state index is -1.11. The lowest BCUT2D eigenvalue weighted by atomic mass is 10.0. The summed E-state index contributed by atoms with van der Waals surface area (Å²) in [6, 6.07) is 7.54. The van der Waals surface area contributed by atoms with E-state index in [-0.39, 0.29) is 5.78 Å². The van der Waals surface area contributed by atoms with Gasteiger partial charge in [-0.05, 0) is 11.8 Å². The van der Waals surface area contributed by atoms with Crippen LogP contribution in [0.3, 0.4) is 0 Å². The highest BCUT2D eigenvalue weighted by Gasteiger charge is 2.33. The zero-order valence-corrected chi connectivity index (χ0v) is 13.2. The molecule has 0 saturated heterocycles. The number of hydrogen-bond donors (Lipinski definition) is 1. The highest BCUT2D eigenvalue weighted by molar-refractivity contribution is 6.11. The Morgan fingerprint density at radius 2 is 1.48 bits per heavy atom. The van der Waals surface area contributed by atoms with Gasteiger partial charge in [-0.2, -0.15) is 0 Å². The second-order valence-corrected chi connectivity index (χ2v) is 6.21. The highest BCUT2D eigenvalue weighted by atomic mass is 16.4. The summed E-state index contributed by atoms with van der Waals surface area (Å²) in [6.45, 7) is 9.29. The number of carboxylic acids is 1. The van der Waals surface area contributed by atoms with Crippen LogP contribution in [-0.2, 0) is 4.79 Å². The van der Waals surface area contributed by atoms with Gasteiger partial charge in [-0.3, -0.25) is 14.5 Å². The lowest BCUT2D eigenvalue weighted by molar-refractivity contribution is -0.141. The summed E-state index contributed by atoms with van der Waals surface area (Å²) in [5, 5.41) is 9.54. The zero-order valence-electron chi connectivity index (χ0n) is 13.2. The van der Waals surface area contributed by atoms with Crippen molar-refractivity contribution < 1.29 is 14.7 Å². The Hall–Kier alpha value is -1.68. The fourth-order valence-electron chi connectivity index (χ4n) is 2.42. The maximum Gasteiger partial charge on any atom is 0.329 e. The topological polar surface area (TPSA) is 57.6 Å². The Morgan fingerprint density at radius 1 is 1.00 bits per heavy atom. The maximum atomic E-state index is 12.6. The van der Waals surface area contributed by atoms with Crippen LogP contribution in [0.1, 0.15) is 38.1 Å². The predicted octanol–water partition coefficient (Wildman–Crippen LogP) is 2.94. The number of ketones is 1. The van der Waals surface area contributed by atoms with Gasteiger partial charge in [0, 0.05) is 18.7 Å². The molecule has 0 saturated carbocycles. The number of nitrogens with zero attached hydrogens (tertiary/aromatic N) is 1. The normalized spacial score (nSPS) is 12.9. The van der Waals surface area contributed by atoms with Crippen LogP contribution < -0.4 is 0 Å². The summed E-state index contributed by atoms with van der Waals surface area (Å²) in [6.07, 6.45) is 0. The third kappa shape index (κ3) is 5.31. The SMILES string of the molecule is CC(C)CN(CC(C)C)C(C(=O)O)C(=O)c1ccccc1. The van der Waals surface area contributed by atoms with Crippen LogP contribution in [0.5, 0.6) is 0 Å². The molecule has 1 N–H and O–H groups in total. The van der Waals surface area contributed by atoms with E-state index in [2.05, 4.69) is 0 Å². The van der Waals surface area contributed by atoms with E-state index in [4.69, 9.17) is 0 Å². The standard InChI is InChI=1S/C17H25NO3/c1-12(2)10-18(11-13(3)4)15(17(20)21)16(19)14-8-6-5-7-9-14/h5-9,12-13,15H,10-11H2,1-4H3,(H,20,21). The van der Waals surface area contributed by atoms with Crippen molar-refractivity contribution in [2.75, 3.05) is 13.1 Å². The predicted molar refractivity (Wildman–Crippen MR) is 83.4 cm³/mol. The lowest BCUT2D eigenvalue weighted by Crippen LogP contribution is -2.49. The third-order valence-electron chi connectivity index (χ3n) is 3.11. The summed E-state index contributed by atoms with van der Waals surface area (Å²) in [5.41, 5.74) is 0.447. The van der Waals surface area contributed by atoms with Gasteiger partial charge in [0.15, 0.2) is 11.8 Å². The first-order valence-corrected chi connectivity index (χ1v) is 7.39. The molecule has 1 rings (SSSR count). The maximum absolute atomic E-state index is 12.6. The molecule has 1 aromatic rings. The monoisotopic (exact) mass is 291 g/mol. The molecule has 0 radical (unpaired) electrons. The molecule has 116 valence electrons. The van der Waals surface area contributed by atoms with Crippen LogP contribution in [0.4, 0.5) is 0 Å². The number of carboxylic acid groups (broad SMARTS) is 1.